The van der Waals surface area contributed by atoms with Gasteiger partial charge in [0.15, 0.2) is 5.78 Å². The van der Waals surface area contributed by atoms with Gasteiger partial charge in [-0.15, -0.1) is 0 Å². The van der Waals surface area contributed by atoms with E-state index >= 15 is 0 Å². The molecule has 2 aliphatic heterocycles. The van der Waals surface area contributed by atoms with Crippen molar-refractivity contribution in [3.8, 4) is 0 Å². The van der Waals surface area contributed by atoms with Gasteiger partial charge < -0.3 is 20.7 Å². The zero-order valence-corrected chi connectivity index (χ0v) is 24.2. The van der Waals surface area contributed by atoms with Gasteiger partial charge in [0, 0.05) is 53.4 Å². The second kappa shape index (κ2) is 9.84. The van der Waals surface area contributed by atoms with E-state index in [2.05, 4.69) is 24.1 Å². The molecule has 210 valence electrons. The van der Waals surface area contributed by atoms with Gasteiger partial charge in [-0.1, -0.05) is 31.5 Å². The molecule has 2 heterocycles. The molecule has 0 bridgehead atoms. The number of esters is 1. The highest BCUT2D eigenvalue weighted by Gasteiger charge is 2.63. The summed E-state index contributed by atoms with van der Waals surface area (Å²) in [7, 11) is 0. The van der Waals surface area contributed by atoms with Crippen LogP contribution in [0.25, 0.3) is 0 Å². The van der Waals surface area contributed by atoms with E-state index in [0.29, 0.717) is 34.6 Å². The number of rotatable bonds is 6. The van der Waals surface area contributed by atoms with Crippen molar-refractivity contribution in [1.29, 1.82) is 0 Å². The number of hydrogen-bond acceptors (Lipinski definition) is 7. The fourth-order valence-electron chi connectivity index (χ4n) is 6.55. The molecule has 1 amide bonds. The van der Waals surface area contributed by atoms with Crippen LogP contribution in [0.15, 0.2) is 65.1 Å². The Bertz CT molecular complexity index is 1470. The Labute approximate surface area is 235 Å². The van der Waals surface area contributed by atoms with Crippen LogP contribution < -0.4 is 20.9 Å². The van der Waals surface area contributed by atoms with E-state index in [1.165, 1.54) is 0 Å². The number of Topliss-reactive ketones (excluding diaryl/α,β-unsaturated/α-hetero) is 1. The molecule has 0 radical (unpaired) electrons. The number of amides is 1. The zero-order chi connectivity index (χ0) is 29.0. The van der Waals surface area contributed by atoms with E-state index in [-0.39, 0.29) is 35.6 Å². The molecule has 0 fully saturated rings. The fourth-order valence-corrected chi connectivity index (χ4v) is 6.55. The summed E-state index contributed by atoms with van der Waals surface area (Å²) in [6, 6.07) is 13.5. The van der Waals surface area contributed by atoms with Crippen LogP contribution in [0.5, 0.6) is 0 Å². The summed E-state index contributed by atoms with van der Waals surface area (Å²) in [5.74, 6) is -1.24. The van der Waals surface area contributed by atoms with Gasteiger partial charge in [-0.2, -0.15) is 0 Å². The monoisotopic (exact) mass is 542 g/mol. The third-order valence-electron chi connectivity index (χ3n) is 8.25. The van der Waals surface area contributed by atoms with Gasteiger partial charge in [0.2, 0.25) is 5.91 Å². The number of ketones is 1. The average molecular weight is 543 g/mol. The van der Waals surface area contributed by atoms with Gasteiger partial charge in [-0.25, -0.2) is 4.79 Å². The number of allylic oxidation sites excluding steroid dienone is 1. The van der Waals surface area contributed by atoms with E-state index in [9.17, 15) is 14.4 Å². The Morgan fingerprint density at radius 2 is 1.73 bits per heavy atom. The fraction of sp³-hybridized carbons (Fsp3) is 0.406. The molecular formula is C32H38N4O4. The summed E-state index contributed by atoms with van der Waals surface area (Å²) in [5, 5.41) is 2.95. The lowest BCUT2D eigenvalue weighted by atomic mass is 9.60. The first-order chi connectivity index (χ1) is 19.0. The number of fused-ring (bicyclic) bond motifs is 3. The summed E-state index contributed by atoms with van der Waals surface area (Å²) in [6.45, 7) is 13.7. The highest BCUT2D eigenvalue weighted by atomic mass is 16.5. The standard InChI is InChI=1S/C32H38N4O4/c1-7-35(8-2)20-11-13-21(14-12-20)36-24-17-31(5,6)18-25(37)26(24)32(27(28(36)33)29(38)40-9-3)22-16-19(4)10-15-23(22)34-30(32)39/h10-16H,7-9,17-18,33H2,1-6H3,(H,34,39). The molecule has 2 aromatic rings. The van der Waals surface area contributed by atoms with Crippen molar-refractivity contribution in [1.82, 2.24) is 0 Å². The Morgan fingerprint density at radius 3 is 2.35 bits per heavy atom. The van der Waals surface area contributed by atoms with Crippen LogP contribution >= 0.6 is 0 Å². The molecule has 0 saturated heterocycles. The smallest absolute Gasteiger partial charge is 0.339 e. The lowest BCUT2D eigenvalue weighted by Gasteiger charge is -2.47. The molecule has 2 aromatic carbocycles. The lowest BCUT2D eigenvalue weighted by Crippen LogP contribution is -2.54. The molecule has 0 aromatic heterocycles. The van der Waals surface area contributed by atoms with Crippen LogP contribution in [0.4, 0.5) is 17.1 Å². The predicted molar refractivity (Wildman–Crippen MR) is 157 cm³/mol. The first-order valence-electron chi connectivity index (χ1n) is 14.0. The van der Waals surface area contributed by atoms with E-state index in [0.717, 1.165) is 24.3 Å². The topological polar surface area (TPSA) is 105 Å². The van der Waals surface area contributed by atoms with Crippen LogP contribution in [-0.2, 0) is 24.5 Å². The van der Waals surface area contributed by atoms with Crippen LogP contribution in [0.3, 0.4) is 0 Å². The van der Waals surface area contributed by atoms with Gasteiger partial charge in [-0.3, -0.25) is 14.5 Å². The molecule has 3 aliphatic rings. The Hall–Kier alpha value is -4.07. The maximum atomic E-state index is 14.2. The number of carbonyl (C=O) groups excluding carboxylic acids is 3. The number of hydrogen-bond donors (Lipinski definition) is 2. The predicted octanol–water partition coefficient (Wildman–Crippen LogP) is 4.93. The minimum absolute atomic E-state index is 0.0178. The number of nitrogens with two attached hydrogens (primary N) is 1. The summed E-state index contributed by atoms with van der Waals surface area (Å²) in [5.41, 5.74) is 9.61. The second-order valence-electron chi connectivity index (χ2n) is 11.5. The highest BCUT2D eigenvalue weighted by Crippen LogP contribution is 2.57. The van der Waals surface area contributed by atoms with Crippen molar-refractivity contribution >= 4 is 34.7 Å². The first-order valence-corrected chi connectivity index (χ1v) is 14.0. The van der Waals surface area contributed by atoms with Crippen molar-refractivity contribution in [2.24, 2.45) is 11.1 Å². The van der Waals surface area contributed by atoms with Gasteiger partial charge in [-0.05, 0) is 69.9 Å². The SMILES string of the molecule is CCOC(=O)C1=C(N)N(c2ccc(N(CC)CC)cc2)C2=C(C(=O)CC(C)(C)C2)C12C(=O)Nc1ccc(C)cc12. The number of nitrogens with one attached hydrogen (secondary N) is 1. The highest BCUT2D eigenvalue weighted by molar-refractivity contribution is 6.23. The van der Waals surface area contributed by atoms with E-state index < -0.39 is 17.3 Å². The number of anilines is 3. The minimum Gasteiger partial charge on any atom is -0.462 e. The Balaban J connectivity index is 1.84. The maximum absolute atomic E-state index is 14.2. The molecule has 1 atom stereocenters. The van der Waals surface area contributed by atoms with E-state index in [4.69, 9.17) is 10.5 Å². The summed E-state index contributed by atoms with van der Waals surface area (Å²) in [6.07, 6.45) is 0.742. The molecule has 5 rings (SSSR count). The van der Waals surface area contributed by atoms with Gasteiger partial charge in [0.25, 0.3) is 0 Å². The Morgan fingerprint density at radius 1 is 1.05 bits per heavy atom. The molecule has 8 nitrogen and oxygen atoms in total. The molecule has 40 heavy (non-hydrogen) atoms. The van der Waals surface area contributed by atoms with Crippen molar-refractivity contribution in [2.75, 3.05) is 34.8 Å². The maximum Gasteiger partial charge on any atom is 0.339 e. The first kappa shape index (κ1) is 27.5. The second-order valence-corrected chi connectivity index (χ2v) is 11.5. The van der Waals surface area contributed by atoms with Crippen LogP contribution in [0.2, 0.25) is 0 Å². The summed E-state index contributed by atoms with van der Waals surface area (Å²) < 4.78 is 5.53. The number of nitrogens with zero attached hydrogens (tertiary/aromatic N) is 2. The molecule has 0 saturated carbocycles. The molecule has 3 N–H and O–H groups in total. The van der Waals surface area contributed by atoms with Gasteiger partial charge in [0.05, 0.1) is 6.61 Å². The summed E-state index contributed by atoms with van der Waals surface area (Å²) >= 11 is 0. The number of aryl methyl sites for hydroxylation is 1. The lowest BCUT2D eigenvalue weighted by molar-refractivity contribution is -0.140. The van der Waals surface area contributed by atoms with Gasteiger partial charge in [0.1, 0.15) is 16.8 Å². The van der Waals surface area contributed by atoms with Crippen LogP contribution in [0, 0.1) is 12.3 Å². The van der Waals surface area contributed by atoms with Crippen molar-refractivity contribution in [3.63, 3.8) is 0 Å². The normalized spacial score (nSPS) is 21.4. The largest absolute Gasteiger partial charge is 0.462 e. The number of benzene rings is 2. The molecule has 1 spiro atoms. The quantitative estimate of drug-likeness (QED) is 0.499. The van der Waals surface area contributed by atoms with Crippen molar-refractivity contribution < 1.29 is 19.1 Å². The minimum atomic E-state index is -1.70. The third-order valence-corrected chi connectivity index (χ3v) is 8.25. The van der Waals surface area contributed by atoms with E-state index in [1.54, 1.807) is 11.8 Å². The molecule has 1 unspecified atom stereocenters. The third kappa shape index (κ3) is 4.00. The zero-order valence-electron chi connectivity index (χ0n) is 24.2. The van der Waals surface area contributed by atoms with Crippen LogP contribution in [0.1, 0.15) is 58.6 Å². The van der Waals surface area contributed by atoms with Gasteiger partial charge >= 0.3 is 5.97 Å². The molecule has 1 aliphatic carbocycles. The van der Waals surface area contributed by atoms with E-state index in [1.807, 2.05) is 63.2 Å². The number of ether oxygens (including phenoxy) is 1. The Kier molecular flexibility index (Phi) is 6.76. The van der Waals surface area contributed by atoms with Crippen molar-refractivity contribution in [2.45, 2.75) is 59.8 Å². The average Bonchev–Trinajstić information content (AvgIpc) is 3.16. The van der Waals surface area contributed by atoms with Crippen LogP contribution in [-0.4, -0.2) is 37.4 Å². The van der Waals surface area contributed by atoms with Crippen molar-refractivity contribution in [3.05, 3.63) is 76.3 Å². The molecular weight excluding hydrogens is 504 g/mol. The number of carbonyl (C=O) groups is 3. The summed E-state index contributed by atoms with van der Waals surface area (Å²) in [4.78, 5) is 46.2. The molecule has 8 heteroatoms.